The summed E-state index contributed by atoms with van der Waals surface area (Å²) >= 11 is 1.49. The van der Waals surface area contributed by atoms with Crippen LogP contribution in [0.5, 0.6) is 0 Å². The molecule has 1 amide bonds. The van der Waals surface area contributed by atoms with Gasteiger partial charge in [0.2, 0.25) is 0 Å². The summed E-state index contributed by atoms with van der Waals surface area (Å²) in [5, 5.41) is 6.69. The van der Waals surface area contributed by atoms with E-state index in [1.807, 2.05) is 24.6 Å². The topological polar surface area (TPSA) is 29.1 Å². The fourth-order valence-electron chi connectivity index (χ4n) is 1.92. The molecule has 1 N–H and O–H groups in total. The molecule has 1 aromatic heterocycles. The number of rotatable bonds is 4. The highest BCUT2D eigenvalue weighted by atomic mass is 32.1. The zero-order chi connectivity index (χ0) is 13.8. The third kappa shape index (κ3) is 3.41. The lowest BCUT2D eigenvalue weighted by Gasteiger charge is -2.22. The number of hydrogen-bond donors (Lipinski definition) is 1. The Morgan fingerprint density at radius 1 is 1.21 bits per heavy atom. The van der Waals surface area contributed by atoms with E-state index in [0.717, 1.165) is 5.56 Å². The summed E-state index contributed by atoms with van der Waals surface area (Å²) in [5.41, 5.74) is 1.58. The van der Waals surface area contributed by atoms with Crippen molar-refractivity contribution in [1.29, 1.82) is 0 Å². The van der Waals surface area contributed by atoms with Gasteiger partial charge in [0.05, 0.1) is 11.6 Å². The van der Waals surface area contributed by atoms with Gasteiger partial charge in [0.25, 0.3) is 5.91 Å². The molecule has 0 saturated heterocycles. The van der Waals surface area contributed by atoms with Gasteiger partial charge in [0.1, 0.15) is 5.82 Å². The molecule has 1 heterocycles. The molecular weight excluding hydrogens is 261 g/mol. The first-order chi connectivity index (χ1) is 9.08. The first kappa shape index (κ1) is 13.7. The second-order valence-corrected chi connectivity index (χ2v) is 5.54. The highest BCUT2D eigenvalue weighted by molar-refractivity contribution is 7.08. The first-order valence-corrected chi connectivity index (χ1v) is 7.10. The standard InChI is InChI=1S/C15H16FNOS/c1-10(2)14(11-3-5-13(16)6-4-11)17-15(18)12-7-8-19-9-12/h3-10,14H,1-2H3,(H,17,18). The number of carbonyl (C=O) groups is 1. The summed E-state index contributed by atoms with van der Waals surface area (Å²) in [5.74, 6) is -0.132. The highest BCUT2D eigenvalue weighted by Crippen LogP contribution is 2.22. The SMILES string of the molecule is CC(C)C(NC(=O)c1ccsc1)c1ccc(F)cc1. The van der Waals surface area contributed by atoms with Crippen molar-refractivity contribution in [3.63, 3.8) is 0 Å². The Bertz CT molecular complexity index is 534. The van der Waals surface area contributed by atoms with Crippen molar-refractivity contribution in [2.75, 3.05) is 0 Å². The Kier molecular flexibility index (Phi) is 4.32. The van der Waals surface area contributed by atoms with Crippen LogP contribution in [0.15, 0.2) is 41.1 Å². The van der Waals surface area contributed by atoms with Crippen LogP contribution in [-0.4, -0.2) is 5.91 Å². The second kappa shape index (κ2) is 5.97. The maximum Gasteiger partial charge on any atom is 0.252 e. The van der Waals surface area contributed by atoms with Gasteiger partial charge in [-0.2, -0.15) is 11.3 Å². The Hall–Kier alpha value is -1.68. The lowest BCUT2D eigenvalue weighted by molar-refractivity contribution is 0.0926. The minimum absolute atomic E-state index is 0.0933. The smallest absolute Gasteiger partial charge is 0.252 e. The molecule has 0 aliphatic carbocycles. The number of benzene rings is 1. The maximum absolute atomic E-state index is 13.0. The zero-order valence-corrected chi connectivity index (χ0v) is 11.7. The van der Waals surface area contributed by atoms with E-state index in [4.69, 9.17) is 0 Å². The molecule has 100 valence electrons. The molecule has 4 heteroatoms. The Balaban J connectivity index is 2.17. The van der Waals surface area contributed by atoms with Crippen LogP contribution in [0, 0.1) is 11.7 Å². The summed E-state index contributed by atoms with van der Waals surface area (Å²) in [6, 6.07) is 7.94. The first-order valence-electron chi connectivity index (χ1n) is 6.16. The minimum Gasteiger partial charge on any atom is -0.345 e. The lowest BCUT2D eigenvalue weighted by Crippen LogP contribution is -2.31. The minimum atomic E-state index is -0.268. The number of amides is 1. The summed E-state index contributed by atoms with van der Waals surface area (Å²) in [6.07, 6.45) is 0. The van der Waals surface area contributed by atoms with Gasteiger partial charge in [-0.15, -0.1) is 0 Å². The van der Waals surface area contributed by atoms with E-state index >= 15 is 0 Å². The lowest BCUT2D eigenvalue weighted by atomic mass is 9.96. The van der Waals surface area contributed by atoms with Crippen LogP contribution < -0.4 is 5.32 Å². The van der Waals surface area contributed by atoms with Crippen LogP contribution in [0.1, 0.15) is 35.8 Å². The van der Waals surface area contributed by atoms with Gasteiger partial charge >= 0.3 is 0 Å². The van der Waals surface area contributed by atoms with Crippen LogP contribution >= 0.6 is 11.3 Å². The normalized spacial score (nSPS) is 12.4. The van der Waals surface area contributed by atoms with Crippen molar-refractivity contribution in [2.24, 2.45) is 5.92 Å². The molecule has 2 aromatic rings. The van der Waals surface area contributed by atoms with Crippen molar-refractivity contribution in [1.82, 2.24) is 5.32 Å². The van der Waals surface area contributed by atoms with Gasteiger partial charge in [-0.05, 0) is 35.1 Å². The molecule has 0 aliphatic rings. The van der Waals surface area contributed by atoms with Crippen LogP contribution in [0.3, 0.4) is 0 Å². The molecular formula is C15H16FNOS. The van der Waals surface area contributed by atoms with Crippen LogP contribution in [0.4, 0.5) is 4.39 Å². The fourth-order valence-corrected chi connectivity index (χ4v) is 2.56. The zero-order valence-electron chi connectivity index (χ0n) is 10.9. The van der Waals surface area contributed by atoms with Crippen LogP contribution in [0.25, 0.3) is 0 Å². The highest BCUT2D eigenvalue weighted by Gasteiger charge is 2.19. The maximum atomic E-state index is 13.0. The molecule has 0 radical (unpaired) electrons. The van der Waals surface area contributed by atoms with Gasteiger partial charge in [0, 0.05) is 5.38 Å². The molecule has 1 aromatic carbocycles. The molecule has 2 nitrogen and oxygen atoms in total. The van der Waals surface area contributed by atoms with Crippen molar-refractivity contribution in [2.45, 2.75) is 19.9 Å². The van der Waals surface area contributed by atoms with Crippen LogP contribution in [-0.2, 0) is 0 Å². The summed E-state index contributed by atoms with van der Waals surface area (Å²) < 4.78 is 13.0. The Labute approximate surface area is 116 Å². The van der Waals surface area contributed by atoms with E-state index in [1.165, 1.54) is 23.5 Å². The van der Waals surface area contributed by atoms with Gasteiger partial charge in [-0.3, -0.25) is 4.79 Å². The number of nitrogens with one attached hydrogen (secondary N) is 1. The van der Waals surface area contributed by atoms with E-state index in [0.29, 0.717) is 5.56 Å². The van der Waals surface area contributed by atoms with Gasteiger partial charge in [-0.25, -0.2) is 4.39 Å². The predicted molar refractivity (Wildman–Crippen MR) is 75.8 cm³/mol. The third-order valence-corrected chi connectivity index (χ3v) is 3.65. The molecule has 0 spiro atoms. The van der Waals surface area contributed by atoms with Gasteiger partial charge < -0.3 is 5.32 Å². The molecule has 19 heavy (non-hydrogen) atoms. The number of halogens is 1. The monoisotopic (exact) mass is 277 g/mol. The van der Waals surface area contributed by atoms with E-state index in [-0.39, 0.29) is 23.7 Å². The predicted octanol–water partition coefficient (Wildman–Crippen LogP) is 4.01. The number of carbonyl (C=O) groups excluding carboxylic acids is 1. The van der Waals surface area contributed by atoms with Gasteiger partial charge in [0.15, 0.2) is 0 Å². The van der Waals surface area contributed by atoms with E-state index in [9.17, 15) is 9.18 Å². The molecule has 0 bridgehead atoms. The van der Waals surface area contributed by atoms with E-state index in [2.05, 4.69) is 5.32 Å². The van der Waals surface area contributed by atoms with Crippen molar-refractivity contribution < 1.29 is 9.18 Å². The third-order valence-electron chi connectivity index (χ3n) is 2.97. The van der Waals surface area contributed by atoms with Crippen molar-refractivity contribution in [3.05, 3.63) is 58.0 Å². The summed E-state index contributed by atoms with van der Waals surface area (Å²) in [6.45, 7) is 4.06. The molecule has 0 fully saturated rings. The Morgan fingerprint density at radius 3 is 2.42 bits per heavy atom. The molecule has 1 unspecified atom stereocenters. The summed E-state index contributed by atoms with van der Waals surface area (Å²) in [4.78, 5) is 12.1. The molecule has 0 aliphatic heterocycles. The number of thiophene rings is 1. The Morgan fingerprint density at radius 2 is 1.89 bits per heavy atom. The largest absolute Gasteiger partial charge is 0.345 e. The average Bonchev–Trinajstić information content (AvgIpc) is 2.90. The quantitative estimate of drug-likeness (QED) is 0.898. The van der Waals surface area contributed by atoms with E-state index < -0.39 is 0 Å². The van der Waals surface area contributed by atoms with Crippen molar-refractivity contribution >= 4 is 17.2 Å². The molecule has 2 rings (SSSR count). The summed E-state index contributed by atoms with van der Waals surface area (Å²) in [7, 11) is 0. The molecule has 1 atom stereocenters. The number of hydrogen-bond acceptors (Lipinski definition) is 2. The fraction of sp³-hybridized carbons (Fsp3) is 0.267. The average molecular weight is 277 g/mol. The molecule has 0 saturated carbocycles. The second-order valence-electron chi connectivity index (χ2n) is 4.76. The van der Waals surface area contributed by atoms with Crippen molar-refractivity contribution in [3.8, 4) is 0 Å². The van der Waals surface area contributed by atoms with Gasteiger partial charge in [-0.1, -0.05) is 26.0 Å². The van der Waals surface area contributed by atoms with E-state index in [1.54, 1.807) is 18.2 Å². The van der Waals surface area contributed by atoms with Crippen LogP contribution in [0.2, 0.25) is 0 Å².